The van der Waals surface area contributed by atoms with Crippen molar-refractivity contribution in [1.82, 2.24) is 68.3 Å². The highest BCUT2D eigenvalue weighted by Crippen LogP contribution is 2.50. The number of allylic oxidation sites excluding steroid dienone is 7. The number of imide groups is 1. The van der Waals surface area contributed by atoms with Crippen molar-refractivity contribution in [3.8, 4) is 5.75 Å². The standard InChI is InChI=1S/C92H125N19O31S7/c1-52(112)101-66(86(126)107-67-51-145-144-50-65(81(94)121)106-85(125)64(45-79(119)120)105-88(128)70-20-15-39-110(70)77(116)48-100-83(123)61(18-8-9-34-93)103-84(124)63(44-78(117)118)102-75(114)47-99-82(122)62(104-87(67)127)19-14-35-98-90(95)96)49-143-71-46-76(115)111(89(71)129)40-36-97-74(113)21-7-6-10-37-108-68-30-28-57(148(136,137)138)42-59(68)91(2,3)72(108)32-22-53-16-13-17-54(80(53)142-55-24-26-56(27-25-55)147(133,134)135)23-33-73-92(4,5)60-43-58(149(139,140)141)29-31-69(60)109(73)38-11-12-41-146(130,131)132/h22-33,42-43,61-67,70-71H,6-21,34-41,44-51,93H2,1-5H3,(H21-,94,95,96,97,98,99,100,101,102,103,104,105,106,107,112,113,114,117,118,119,120,121,122,123,124,125,126,127,128,130,131,132,133,134,135,136,137,138,139,140,141)/p+1/t61-,62-,63-,64-,65-,66+,67-,70-,71?/m0/s1. The third-order valence-corrected chi connectivity index (χ3v) is 32.3. The van der Waals surface area contributed by atoms with Gasteiger partial charge in [0.2, 0.25) is 88.4 Å². The summed E-state index contributed by atoms with van der Waals surface area (Å²) in [6, 6.07) is -0.110. The van der Waals surface area contributed by atoms with Crippen molar-refractivity contribution in [3.63, 3.8) is 0 Å². The van der Waals surface area contributed by atoms with E-state index in [0.29, 0.717) is 95.8 Å². The van der Waals surface area contributed by atoms with Crippen molar-refractivity contribution in [2.24, 2.45) is 17.2 Å². The predicted molar refractivity (Wildman–Crippen MR) is 544 cm³/mol. The second-order valence-corrected chi connectivity index (χ2v) is 46.6. The molecule has 3 fully saturated rings. The van der Waals surface area contributed by atoms with Crippen molar-refractivity contribution in [2.75, 3.05) is 86.8 Å². The minimum absolute atomic E-state index is 0.0141. The van der Waals surface area contributed by atoms with Crippen LogP contribution < -0.4 is 85.3 Å². The Labute approximate surface area is 871 Å². The summed E-state index contributed by atoms with van der Waals surface area (Å²) in [4.78, 5) is 221. The quantitative estimate of drug-likeness (QED) is 0.00650. The fourth-order valence-corrected chi connectivity index (χ4v) is 23.1. The maximum Gasteiger partial charge on any atom is 0.305 e. The fraction of sp³-hybridized carbons (Fsp3) is 0.522. The zero-order chi connectivity index (χ0) is 110. The summed E-state index contributed by atoms with van der Waals surface area (Å²) in [6.07, 6.45) is 7.68. The summed E-state index contributed by atoms with van der Waals surface area (Å²) in [5.74, 6) is -18.9. The summed E-state index contributed by atoms with van der Waals surface area (Å²) in [7, 11) is -16.9. The third-order valence-electron chi connectivity index (χ3n) is 25.2. The molecule has 1 unspecified atom stereocenters. The summed E-state index contributed by atoms with van der Waals surface area (Å²) in [6.45, 7) is 6.57. The van der Waals surface area contributed by atoms with E-state index in [1.807, 2.05) is 61.5 Å². The first-order valence-corrected chi connectivity index (χ1v) is 57.0. The number of nitrogens with one attached hydrogen (secondary N) is 12. The van der Waals surface area contributed by atoms with Crippen molar-refractivity contribution in [3.05, 3.63) is 119 Å². The first kappa shape index (κ1) is 120. The Hall–Kier alpha value is -12.5. The van der Waals surface area contributed by atoms with E-state index in [1.54, 1.807) is 6.07 Å². The number of hydrogen-bond donors (Lipinski definition) is 21. The Morgan fingerprint density at radius 2 is 1.23 bits per heavy atom. The van der Waals surface area contributed by atoms with Crippen LogP contribution in [0.25, 0.3) is 0 Å². The molecule has 0 bridgehead atoms. The molecule has 9 atom stereocenters. The molecule has 0 spiro atoms. The summed E-state index contributed by atoms with van der Waals surface area (Å²) >= 11 is 0.765. The number of guanidine groups is 1. The molecule has 3 aromatic rings. The summed E-state index contributed by atoms with van der Waals surface area (Å²) in [5.41, 5.74) is 19.7. The Morgan fingerprint density at radius 3 is 1.87 bits per heavy atom. The molecule has 50 nitrogen and oxygen atoms in total. The minimum atomic E-state index is -4.73. The number of thioether (sulfide) groups is 1. The van der Waals surface area contributed by atoms with Crippen LogP contribution in [0.3, 0.4) is 0 Å². The third kappa shape index (κ3) is 34.8. The highest BCUT2D eigenvalue weighted by atomic mass is 33.1. The van der Waals surface area contributed by atoms with Crippen LogP contribution in [0.5, 0.6) is 5.75 Å². The van der Waals surface area contributed by atoms with Crippen molar-refractivity contribution >= 4 is 192 Å². The molecule has 14 amide bonds. The Bertz CT molecular complexity index is 6280. The maximum atomic E-state index is 14.8. The number of rotatable bonds is 41. The van der Waals surface area contributed by atoms with Crippen molar-refractivity contribution in [2.45, 2.75) is 236 Å². The molecule has 0 radical (unpaired) electrons. The van der Waals surface area contributed by atoms with Crippen LogP contribution in [0.15, 0.2) is 122 Å². The Kier molecular flexibility index (Phi) is 43.3. The lowest BCUT2D eigenvalue weighted by atomic mass is 9.81. The molecule has 5 aliphatic heterocycles. The summed E-state index contributed by atoms with van der Waals surface area (Å²) < 4.78 is 147. The molecular formula is C92H126N19O31S7+. The minimum Gasteiger partial charge on any atom is -0.481 e. The molecule has 9 rings (SSSR count). The number of carboxylic acids is 2. The van der Waals surface area contributed by atoms with Gasteiger partial charge >= 0.3 is 11.9 Å². The maximum absolute atomic E-state index is 14.8. The lowest BCUT2D eigenvalue weighted by Crippen LogP contribution is -2.58. The number of aliphatic carboxylic acids is 2. The van der Waals surface area contributed by atoms with E-state index in [-0.39, 0.29) is 119 Å². The number of ether oxygens (including phenoxy) is 1. The van der Waals surface area contributed by atoms with E-state index in [2.05, 4.69) is 58.5 Å². The van der Waals surface area contributed by atoms with Gasteiger partial charge in [0.15, 0.2) is 11.7 Å². The molecule has 0 saturated carbocycles. The van der Waals surface area contributed by atoms with Crippen LogP contribution in [-0.2, 0) is 128 Å². The molecule has 1 aliphatic carbocycles. The van der Waals surface area contributed by atoms with E-state index in [0.717, 1.165) is 62.2 Å². The second-order valence-electron chi connectivity index (χ2n) is 36.9. The van der Waals surface area contributed by atoms with Gasteiger partial charge in [0.25, 0.3) is 40.5 Å². The largest absolute Gasteiger partial charge is 0.481 e. The number of carbonyl (C=O) groups is 16. The van der Waals surface area contributed by atoms with Gasteiger partial charge in [-0.3, -0.25) is 105 Å². The number of benzene rings is 3. The highest BCUT2D eigenvalue weighted by molar-refractivity contribution is 8.76. The summed E-state index contributed by atoms with van der Waals surface area (Å²) in [5, 5.41) is 52.8. The zero-order valence-corrected chi connectivity index (χ0v) is 87.9. The van der Waals surface area contributed by atoms with E-state index < -0.39 is 266 Å². The number of amides is 14. The predicted octanol–water partition coefficient (Wildman–Crippen LogP) is -0.452. The van der Waals surface area contributed by atoms with E-state index >= 15 is 0 Å². The number of primary amides is 1. The molecule has 3 saturated heterocycles. The number of fused-ring (bicyclic) bond motifs is 3. The van der Waals surface area contributed by atoms with Crippen LogP contribution in [0.4, 0.5) is 11.4 Å². The number of nitrogens with two attached hydrogens (primary N) is 3. The smallest absolute Gasteiger partial charge is 0.305 e. The molecule has 3 aromatic carbocycles. The highest BCUT2D eigenvalue weighted by Gasteiger charge is 2.48. The normalized spacial score (nSPS) is 22.1. The van der Waals surface area contributed by atoms with Gasteiger partial charge in [-0.1, -0.05) is 41.5 Å². The van der Waals surface area contributed by atoms with Gasteiger partial charge in [-0.15, -0.1) is 11.8 Å². The van der Waals surface area contributed by atoms with Gasteiger partial charge in [0, 0.05) is 111 Å². The molecule has 816 valence electrons. The molecular weight excluding hydrogens is 2090 g/mol. The topological polar surface area (TPSA) is 787 Å². The number of hydrogen-bond acceptors (Lipinski definition) is 31. The van der Waals surface area contributed by atoms with Crippen molar-refractivity contribution < 1.29 is 148 Å². The molecule has 0 aromatic heterocycles. The lowest BCUT2D eigenvalue weighted by Gasteiger charge is -2.27. The van der Waals surface area contributed by atoms with Crippen LogP contribution in [0.2, 0.25) is 0 Å². The number of nitrogens with zero attached hydrogens (tertiary/aromatic N) is 4. The van der Waals surface area contributed by atoms with Crippen LogP contribution in [0, 0.1) is 5.41 Å². The first-order chi connectivity index (χ1) is 70.0. The number of anilines is 1. The monoisotopic (exact) mass is 2220 g/mol. The van der Waals surface area contributed by atoms with Crippen molar-refractivity contribution in [1.29, 1.82) is 5.41 Å². The lowest BCUT2D eigenvalue weighted by molar-refractivity contribution is -0.438. The van der Waals surface area contributed by atoms with Gasteiger partial charge < -0.3 is 100 Å². The SMILES string of the molecule is CC(=O)N[C@H](CSC1CC(=O)N(CCNC(=O)CCCCC[N+]2=C(/C=C/C3=C(Oc4ccc(S(=O)(=O)O)cc4)C(=C/C=C4/N(CCCCS(=O)(=O)O)c5ccc(S(=O)(=O)O)cc5C4(C)C)/CCC3)C(C)(C)c3cc(S(=O)(=O)O)ccc32)C1=O)C(=O)N[C@H]1CSSC[C@@H](C(N)=O)NC(=O)[C@H](CC(=O)O)NC(=O)[C@@H]2CCCN2C(=O)CNC(=O)[C@H](CCCCN)NC(=O)[C@H](CC(=O)O)NC(=O)CNC(=O)[C@H](CCCNC(=N)N)NC1=O. The van der Waals surface area contributed by atoms with E-state index in [9.17, 15) is 139 Å². The number of likely N-dealkylation sites (tertiary alicyclic amines) is 1. The molecule has 5 heterocycles. The van der Waals surface area contributed by atoms with E-state index in [4.69, 9.17) is 27.3 Å². The first-order valence-electron chi connectivity index (χ1n) is 47.6. The van der Waals surface area contributed by atoms with Gasteiger partial charge in [-0.05, 0) is 194 Å². The van der Waals surface area contributed by atoms with Gasteiger partial charge in [0.1, 0.15) is 66.4 Å². The van der Waals surface area contributed by atoms with Gasteiger partial charge in [-0.2, -0.15) is 38.2 Å². The van der Waals surface area contributed by atoms with Gasteiger partial charge in [0.05, 0.1) is 57.0 Å². The Morgan fingerprint density at radius 1 is 0.624 bits per heavy atom. The second kappa shape index (κ2) is 53.8. The van der Waals surface area contributed by atoms with E-state index in [1.165, 1.54) is 42.5 Å². The van der Waals surface area contributed by atoms with Crippen LogP contribution >= 0.6 is 33.3 Å². The van der Waals surface area contributed by atoms with Gasteiger partial charge in [-0.25, -0.2) is 0 Å². The fourth-order valence-electron chi connectivity index (χ4n) is 17.5. The molecule has 6 aliphatic rings. The molecule has 57 heteroatoms. The van der Waals surface area contributed by atoms with Crippen LogP contribution in [0.1, 0.15) is 168 Å². The number of carbonyl (C=O) groups excluding carboxylic acids is 14. The Balaban J connectivity index is 0.893. The number of unbranched alkanes of at least 4 members (excludes halogenated alkanes) is 4. The molecule has 24 N–H and O–H groups in total. The average Bonchev–Trinajstić information content (AvgIpc) is 1.59. The number of carboxylic acid groups (broad SMARTS) is 2. The van der Waals surface area contributed by atoms with Crippen LogP contribution in [-0.4, -0.2) is 318 Å². The zero-order valence-electron chi connectivity index (χ0n) is 82.2. The average molecular weight is 2220 g/mol. The molecule has 149 heavy (non-hydrogen) atoms.